The summed E-state index contributed by atoms with van der Waals surface area (Å²) in [4.78, 5) is 0. The summed E-state index contributed by atoms with van der Waals surface area (Å²) in [7, 11) is 1.62. The maximum atomic E-state index is 9.51. The second-order valence-electron chi connectivity index (χ2n) is 2.94. The zero-order chi connectivity index (χ0) is 8.27. The maximum Gasteiger partial charge on any atom is 0.0814 e. The molecule has 1 heterocycles. The molecule has 66 valence electrons. The number of halogens is 1. The van der Waals surface area contributed by atoms with Crippen LogP contribution in [0.5, 0.6) is 0 Å². The van der Waals surface area contributed by atoms with E-state index < -0.39 is 0 Å². The molecule has 1 fully saturated rings. The molecule has 2 unspecified atom stereocenters. The minimum Gasteiger partial charge on any atom is -0.390 e. The second kappa shape index (κ2) is 4.59. The standard InChI is InChI=1S/C7H14INO2/c1-11-5-7(10)6-2-3-9(8)4-6/h6-7,10H,2-5H2,1H3. The number of rotatable bonds is 3. The molecule has 1 saturated heterocycles. The number of nitrogens with zero attached hydrogens (tertiary/aromatic N) is 1. The summed E-state index contributed by atoms with van der Waals surface area (Å²) in [6.07, 6.45) is 0.813. The van der Waals surface area contributed by atoms with Gasteiger partial charge in [0.2, 0.25) is 0 Å². The number of ether oxygens (including phenoxy) is 1. The van der Waals surface area contributed by atoms with Crippen molar-refractivity contribution in [2.75, 3.05) is 26.8 Å². The predicted octanol–water partition coefficient (Wildman–Crippen LogP) is 0.666. The van der Waals surface area contributed by atoms with Crippen LogP contribution < -0.4 is 0 Å². The Bertz CT molecular complexity index is 123. The molecule has 1 aliphatic rings. The van der Waals surface area contributed by atoms with Gasteiger partial charge in [-0.2, -0.15) is 0 Å². The minimum absolute atomic E-state index is 0.278. The van der Waals surface area contributed by atoms with E-state index in [0.717, 1.165) is 19.5 Å². The van der Waals surface area contributed by atoms with Gasteiger partial charge in [0.25, 0.3) is 0 Å². The molecule has 0 aromatic rings. The number of aliphatic hydroxyl groups excluding tert-OH is 1. The van der Waals surface area contributed by atoms with Gasteiger partial charge >= 0.3 is 0 Å². The van der Waals surface area contributed by atoms with E-state index in [1.807, 2.05) is 0 Å². The number of hydrogen-bond acceptors (Lipinski definition) is 3. The van der Waals surface area contributed by atoms with Crippen molar-refractivity contribution in [2.24, 2.45) is 5.92 Å². The highest BCUT2D eigenvalue weighted by Gasteiger charge is 2.26. The van der Waals surface area contributed by atoms with E-state index in [1.54, 1.807) is 7.11 Å². The fraction of sp³-hybridized carbons (Fsp3) is 1.00. The highest BCUT2D eigenvalue weighted by atomic mass is 127. The summed E-state index contributed by atoms with van der Waals surface area (Å²) < 4.78 is 7.09. The third kappa shape index (κ3) is 2.85. The van der Waals surface area contributed by atoms with E-state index in [4.69, 9.17) is 4.74 Å². The molecule has 0 radical (unpaired) electrons. The second-order valence-corrected chi connectivity index (χ2v) is 4.30. The van der Waals surface area contributed by atoms with Crippen molar-refractivity contribution in [1.82, 2.24) is 3.11 Å². The predicted molar refractivity (Wildman–Crippen MR) is 51.6 cm³/mol. The van der Waals surface area contributed by atoms with Crippen LogP contribution in [0.4, 0.5) is 0 Å². The zero-order valence-electron chi connectivity index (χ0n) is 6.66. The molecule has 1 rings (SSSR count). The first kappa shape index (κ1) is 9.70. The van der Waals surface area contributed by atoms with Crippen molar-refractivity contribution in [3.8, 4) is 0 Å². The van der Waals surface area contributed by atoms with Gasteiger partial charge in [-0.05, 0) is 6.42 Å². The van der Waals surface area contributed by atoms with Crippen molar-refractivity contribution in [3.05, 3.63) is 0 Å². The highest BCUT2D eigenvalue weighted by molar-refractivity contribution is 14.1. The number of hydrogen-bond donors (Lipinski definition) is 1. The van der Waals surface area contributed by atoms with Crippen LogP contribution in [-0.4, -0.2) is 41.1 Å². The van der Waals surface area contributed by atoms with E-state index in [1.165, 1.54) is 0 Å². The summed E-state index contributed by atoms with van der Waals surface area (Å²) >= 11 is 2.29. The van der Waals surface area contributed by atoms with Crippen molar-refractivity contribution in [3.63, 3.8) is 0 Å². The molecule has 0 aliphatic carbocycles. The molecule has 0 bridgehead atoms. The lowest BCUT2D eigenvalue weighted by atomic mass is 10.0. The average Bonchev–Trinajstić information content (AvgIpc) is 2.36. The van der Waals surface area contributed by atoms with Gasteiger partial charge in [-0.15, -0.1) is 0 Å². The van der Waals surface area contributed by atoms with Crippen LogP contribution in [0.3, 0.4) is 0 Å². The quantitative estimate of drug-likeness (QED) is 0.605. The van der Waals surface area contributed by atoms with E-state index in [0.29, 0.717) is 12.5 Å². The van der Waals surface area contributed by atoms with Crippen LogP contribution in [0, 0.1) is 5.92 Å². The molecule has 1 aliphatic heterocycles. The normalized spacial score (nSPS) is 29.2. The minimum atomic E-state index is -0.278. The van der Waals surface area contributed by atoms with Gasteiger partial charge < -0.3 is 9.84 Å². The molecule has 4 heteroatoms. The lowest BCUT2D eigenvalue weighted by Gasteiger charge is -2.15. The fourth-order valence-electron chi connectivity index (χ4n) is 1.36. The smallest absolute Gasteiger partial charge is 0.0814 e. The molecule has 11 heavy (non-hydrogen) atoms. The Balaban J connectivity index is 2.25. The SMILES string of the molecule is COCC(O)C1CCN(I)C1. The first-order valence-corrected chi connectivity index (χ1v) is 4.78. The number of aliphatic hydroxyl groups is 1. The Hall–Kier alpha value is 0.610. The van der Waals surface area contributed by atoms with E-state index in [-0.39, 0.29) is 6.10 Å². The van der Waals surface area contributed by atoms with Crippen LogP contribution in [-0.2, 0) is 4.74 Å². The van der Waals surface area contributed by atoms with E-state index in [9.17, 15) is 5.11 Å². The molecular weight excluding hydrogens is 257 g/mol. The van der Waals surface area contributed by atoms with Crippen LogP contribution in [0.2, 0.25) is 0 Å². The van der Waals surface area contributed by atoms with Crippen LogP contribution >= 0.6 is 22.9 Å². The number of methoxy groups -OCH3 is 1. The molecular formula is C7H14INO2. The largest absolute Gasteiger partial charge is 0.390 e. The third-order valence-corrected chi connectivity index (χ3v) is 2.93. The molecule has 2 atom stereocenters. The van der Waals surface area contributed by atoms with Crippen LogP contribution in [0.15, 0.2) is 0 Å². The van der Waals surface area contributed by atoms with Gasteiger partial charge in [0, 0.05) is 49.0 Å². The molecule has 1 N–H and O–H groups in total. The topological polar surface area (TPSA) is 32.7 Å². The molecule has 0 aromatic carbocycles. The van der Waals surface area contributed by atoms with Crippen molar-refractivity contribution in [1.29, 1.82) is 0 Å². The van der Waals surface area contributed by atoms with E-state index in [2.05, 4.69) is 26.0 Å². The average molecular weight is 271 g/mol. The Labute approximate surface area is 81.2 Å². The summed E-state index contributed by atoms with van der Waals surface area (Å²) in [6.45, 7) is 2.55. The maximum absolute atomic E-state index is 9.51. The Morgan fingerprint density at radius 3 is 3.00 bits per heavy atom. The monoisotopic (exact) mass is 271 g/mol. The first-order valence-electron chi connectivity index (χ1n) is 3.81. The van der Waals surface area contributed by atoms with E-state index >= 15 is 0 Å². The third-order valence-electron chi connectivity index (χ3n) is 2.06. The van der Waals surface area contributed by atoms with Gasteiger partial charge in [0.15, 0.2) is 0 Å². The lowest BCUT2D eigenvalue weighted by molar-refractivity contribution is 0.0300. The van der Waals surface area contributed by atoms with Gasteiger partial charge in [0.1, 0.15) is 0 Å². The van der Waals surface area contributed by atoms with Gasteiger partial charge in [-0.25, -0.2) is 3.11 Å². The van der Waals surface area contributed by atoms with Gasteiger partial charge in [-0.1, -0.05) is 0 Å². The summed E-state index contributed by atoms with van der Waals surface area (Å²) in [5.74, 6) is 0.409. The molecule has 3 nitrogen and oxygen atoms in total. The Morgan fingerprint density at radius 2 is 2.55 bits per heavy atom. The zero-order valence-corrected chi connectivity index (χ0v) is 8.82. The summed E-state index contributed by atoms with van der Waals surface area (Å²) in [6, 6.07) is 0. The van der Waals surface area contributed by atoms with Gasteiger partial charge in [0.05, 0.1) is 12.7 Å². The molecule has 0 spiro atoms. The van der Waals surface area contributed by atoms with Crippen LogP contribution in [0.25, 0.3) is 0 Å². The molecule has 0 saturated carbocycles. The Morgan fingerprint density at radius 1 is 1.82 bits per heavy atom. The van der Waals surface area contributed by atoms with Crippen molar-refractivity contribution in [2.45, 2.75) is 12.5 Å². The first-order chi connectivity index (χ1) is 5.24. The van der Waals surface area contributed by atoms with Crippen molar-refractivity contribution < 1.29 is 9.84 Å². The van der Waals surface area contributed by atoms with Crippen molar-refractivity contribution >= 4 is 22.9 Å². The fourth-order valence-corrected chi connectivity index (χ4v) is 2.15. The highest BCUT2D eigenvalue weighted by Crippen LogP contribution is 2.22. The molecule has 0 amide bonds. The lowest BCUT2D eigenvalue weighted by Crippen LogP contribution is -2.26. The Kier molecular flexibility index (Phi) is 4.05. The van der Waals surface area contributed by atoms with Crippen LogP contribution in [0.1, 0.15) is 6.42 Å². The van der Waals surface area contributed by atoms with Gasteiger partial charge in [-0.3, -0.25) is 0 Å². The summed E-state index contributed by atoms with van der Waals surface area (Å²) in [5, 5.41) is 9.51. The molecule has 0 aromatic heterocycles. The summed E-state index contributed by atoms with van der Waals surface area (Å²) in [5.41, 5.74) is 0.